The Labute approximate surface area is 135 Å². The number of nitrogens with zero attached hydrogens (tertiary/aromatic N) is 1. The quantitative estimate of drug-likeness (QED) is 0.570. The van der Waals surface area contributed by atoms with Gasteiger partial charge in [0.15, 0.2) is 11.5 Å². The molecule has 2 aromatic carbocycles. The standard InChI is InChI=1S/C15H14BrNO5/c1-20-13-5-3-11(16)7-10(13)9-22-14-6-4-12(17(18)19)8-15(14)21-2/h3-8H,9H2,1-2H3. The minimum Gasteiger partial charge on any atom is -0.496 e. The molecule has 0 aliphatic carbocycles. The fourth-order valence-electron chi connectivity index (χ4n) is 1.90. The summed E-state index contributed by atoms with van der Waals surface area (Å²) in [5.74, 6) is 1.43. The third-order valence-electron chi connectivity index (χ3n) is 2.98. The molecule has 0 saturated heterocycles. The van der Waals surface area contributed by atoms with Crippen LogP contribution < -0.4 is 14.2 Å². The molecule has 0 fully saturated rings. The molecule has 0 radical (unpaired) electrons. The average Bonchev–Trinajstić information content (AvgIpc) is 2.52. The van der Waals surface area contributed by atoms with Gasteiger partial charge in [0, 0.05) is 16.1 Å². The van der Waals surface area contributed by atoms with E-state index in [0.717, 1.165) is 10.0 Å². The number of hydrogen-bond acceptors (Lipinski definition) is 5. The summed E-state index contributed by atoms with van der Waals surface area (Å²) in [6, 6.07) is 9.80. The Balaban J connectivity index is 2.21. The summed E-state index contributed by atoms with van der Waals surface area (Å²) in [5, 5.41) is 10.8. The molecule has 2 aromatic rings. The minimum absolute atomic E-state index is 0.0516. The molecule has 0 atom stereocenters. The first-order valence-corrected chi connectivity index (χ1v) is 7.12. The lowest BCUT2D eigenvalue weighted by Crippen LogP contribution is -2.01. The van der Waals surface area contributed by atoms with E-state index in [0.29, 0.717) is 17.2 Å². The Morgan fingerprint density at radius 3 is 2.36 bits per heavy atom. The van der Waals surface area contributed by atoms with Crippen molar-refractivity contribution in [3.63, 3.8) is 0 Å². The molecule has 7 heteroatoms. The second-order valence-corrected chi connectivity index (χ2v) is 5.25. The van der Waals surface area contributed by atoms with Crippen molar-refractivity contribution in [1.82, 2.24) is 0 Å². The smallest absolute Gasteiger partial charge is 0.273 e. The topological polar surface area (TPSA) is 70.8 Å². The molecule has 0 unspecified atom stereocenters. The van der Waals surface area contributed by atoms with Crippen LogP contribution in [0.5, 0.6) is 17.2 Å². The number of nitro benzene ring substituents is 1. The van der Waals surface area contributed by atoms with E-state index in [4.69, 9.17) is 14.2 Å². The predicted octanol–water partition coefficient (Wildman–Crippen LogP) is 3.95. The van der Waals surface area contributed by atoms with Gasteiger partial charge in [-0.25, -0.2) is 0 Å². The van der Waals surface area contributed by atoms with Crippen LogP contribution in [0.3, 0.4) is 0 Å². The first-order valence-electron chi connectivity index (χ1n) is 6.32. The largest absolute Gasteiger partial charge is 0.496 e. The highest BCUT2D eigenvalue weighted by molar-refractivity contribution is 9.10. The second-order valence-electron chi connectivity index (χ2n) is 4.34. The second kappa shape index (κ2) is 7.13. The molecular weight excluding hydrogens is 354 g/mol. The fraction of sp³-hybridized carbons (Fsp3) is 0.200. The lowest BCUT2D eigenvalue weighted by Gasteiger charge is -2.13. The average molecular weight is 368 g/mol. The van der Waals surface area contributed by atoms with Gasteiger partial charge in [-0.05, 0) is 24.3 Å². The van der Waals surface area contributed by atoms with Crippen molar-refractivity contribution in [1.29, 1.82) is 0 Å². The molecule has 0 heterocycles. The van der Waals surface area contributed by atoms with Crippen molar-refractivity contribution in [3.05, 3.63) is 56.5 Å². The Bertz CT molecular complexity index is 690. The monoisotopic (exact) mass is 367 g/mol. The summed E-state index contributed by atoms with van der Waals surface area (Å²) in [7, 11) is 3.02. The normalized spacial score (nSPS) is 10.1. The molecule has 0 aliphatic rings. The lowest BCUT2D eigenvalue weighted by atomic mass is 10.2. The van der Waals surface area contributed by atoms with Gasteiger partial charge in [0.05, 0.1) is 25.2 Å². The number of nitro groups is 1. The molecule has 0 bridgehead atoms. The number of halogens is 1. The molecule has 0 amide bonds. The van der Waals surface area contributed by atoms with Crippen molar-refractivity contribution in [2.45, 2.75) is 6.61 Å². The molecule has 0 aromatic heterocycles. The van der Waals surface area contributed by atoms with Gasteiger partial charge in [-0.1, -0.05) is 15.9 Å². The van der Waals surface area contributed by atoms with Crippen LogP contribution in [-0.4, -0.2) is 19.1 Å². The predicted molar refractivity (Wildman–Crippen MR) is 84.7 cm³/mol. The third-order valence-corrected chi connectivity index (χ3v) is 3.48. The van der Waals surface area contributed by atoms with Crippen LogP contribution in [-0.2, 0) is 6.61 Å². The zero-order chi connectivity index (χ0) is 16.1. The number of non-ortho nitro benzene ring substituents is 1. The summed E-state index contributed by atoms with van der Waals surface area (Å²) in [5.41, 5.74) is 0.793. The van der Waals surface area contributed by atoms with Gasteiger partial charge in [-0.2, -0.15) is 0 Å². The minimum atomic E-state index is -0.483. The molecule has 22 heavy (non-hydrogen) atoms. The summed E-state index contributed by atoms with van der Waals surface area (Å²) in [6.07, 6.45) is 0. The molecule has 0 spiro atoms. The first-order chi connectivity index (χ1) is 10.5. The van der Waals surface area contributed by atoms with Gasteiger partial charge < -0.3 is 14.2 Å². The van der Waals surface area contributed by atoms with Gasteiger partial charge in [0.25, 0.3) is 5.69 Å². The van der Waals surface area contributed by atoms with Gasteiger partial charge >= 0.3 is 0 Å². The van der Waals surface area contributed by atoms with Crippen LogP contribution >= 0.6 is 15.9 Å². The molecule has 0 aliphatic heterocycles. The molecule has 0 saturated carbocycles. The number of benzene rings is 2. The molecule has 2 rings (SSSR count). The zero-order valence-corrected chi connectivity index (χ0v) is 13.6. The van der Waals surface area contributed by atoms with Gasteiger partial charge in [-0.15, -0.1) is 0 Å². The molecule has 0 N–H and O–H groups in total. The maximum atomic E-state index is 10.8. The SMILES string of the molecule is COc1ccc(Br)cc1COc1ccc([N+](=O)[O-])cc1OC. The van der Waals surface area contributed by atoms with E-state index < -0.39 is 4.92 Å². The van der Waals surface area contributed by atoms with Gasteiger partial charge in [0.1, 0.15) is 12.4 Å². The summed E-state index contributed by atoms with van der Waals surface area (Å²) >= 11 is 3.39. The maximum Gasteiger partial charge on any atom is 0.273 e. The number of hydrogen-bond donors (Lipinski definition) is 0. The summed E-state index contributed by atoms with van der Waals surface area (Å²) < 4.78 is 17.0. The fourth-order valence-corrected chi connectivity index (χ4v) is 2.31. The van der Waals surface area contributed by atoms with Crippen LogP contribution in [0.1, 0.15) is 5.56 Å². The lowest BCUT2D eigenvalue weighted by molar-refractivity contribution is -0.385. The molecular formula is C15H14BrNO5. The van der Waals surface area contributed by atoms with Crippen molar-refractivity contribution in [2.75, 3.05) is 14.2 Å². The summed E-state index contributed by atoms with van der Waals surface area (Å²) in [6.45, 7) is 0.247. The van der Waals surface area contributed by atoms with Crippen LogP contribution in [0.25, 0.3) is 0 Å². The van der Waals surface area contributed by atoms with Crippen LogP contribution in [0.4, 0.5) is 5.69 Å². The summed E-state index contributed by atoms with van der Waals surface area (Å²) in [4.78, 5) is 10.3. The Morgan fingerprint density at radius 1 is 1.05 bits per heavy atom. The van der Waals surface area contributed by atoms with Crippen molar-refractivity contribution in [3.8, 4) is 17.2 Å². The van der Waals surface area contributed by atoms with E-state index in [2.05, 4.69) is 15.9 Å². The first kappa shape index (κ1) is 16.1. The zero-order valence-electron chi connectivity index (χ0n) is 12.0. The number of rotatable bonds is 6. The van der Waals surface area contributed by atoms with E-state index in [1.54, 1.807) is 7.11 Å². The Morgan fingerprint density at radius 2 is 1.73 bits per heavy atom. The highest BCUT2D eigenvalue weighted by Crippen LogP contribution is 2.32. The van der Waals surface area contributed by atoms with E-state index in [1.165, 1.54) is 25.3 Å². The van der Waals surface area contributed by atoms with Crippen molar-refractivity contribution < 1.29 is 19.1 Å². The van der Waals surface area contributed by atoms with E-state index in [9.17, 15) is 10.1 Å². The van der Waals surface area contributed by atoms with Gasteiger partial charge in [-0.3, -0.25) is 10.1 Å². The van der Waals surface area contributed by atoms with Crippen LogP contribution in [0.2, 0.25) is 0 Å². The highest BCUT2D eigenvalue weighted by atomic mass is 79.9. The van der Waals surface area contributed by atoms with E-state index in [-0.39, 0.29) is 12.3 Å². The molecule has 116 valence electrons. The number of ether oxygens (including phenoxy) is 3. The van der Waals surface area contributed by atoms with Gasteiger partial charge in [0.2, 0.25) is 0 Å². The Kier molecular flexibility index (Phi) is 5.21. The van der Waals surface area contributed by atoms with E-state index >= 15 is 0 Å². The maximum absolute atomic E-state index is 10.8. The third kappa shape index (κ3) is 3.67. The highest BCUT2D eigenvalue weighted by Gasteiger charge is 2.13. The molecule has 6 nitrogen and oxygen atoms in total. The van der Waals surface area contributed by atoms with Crippen LogP contribution in [0.15, 0.2) is 40.9 Å². The van der Waals surface area contributed by atoms with Crippen LogP contribution in [0, 0.1) is 10.1 Å². The van der Waals surface area contributed by atoms with Crippen molar-refractivity contribution >= 4 is 21.6 Å². The number of methoxy groups -OCH3 is 2. The van der Waals surface area contributed by atoms with E-state index in [1.807, 2.05) is 18.2 Å². The Hall–Kier alpha value is -2.28. The van der Waals surface area contributed by atoms with Crippen molar-refractivity contribution in [2.24, 2.45) is 0 Å².